The Bertz CT molecular complexity index is 2040. The lowest BCUT2D eigenvalue weighted by atomic mass is 9.78. The van der Waals surface area contributed by atoms with E-state index in [-0.39, 0.29) is 61.5 Å². The minimum atomic E-state index is -0.370. The Balaban J connectivity index is 0.000000405. The summed E-state index contributed by atoms with van der Waals surface area (Å²) in [5, 5.41) is 0. The van der Waals surface area contributed by atoms with Crippen molar-refractivity contribution in [3.63, 3.8) is 0 Å². The molecule has 0 aromatic heterocycles. The monoisotopic (exact) mass is 1060 g/mol. The first-order valence-electron chi connectivity index (χ1n) is 25.4. The summed E-state index contributed by atoms with van der Waals surface area (Å²) in [6.45, 7) is 21.4. The molecule has 0 fully saturated rings. The summed E-state index contributed by atoms with van der Waals surface area (Å²) in [6, 6.07) is 33.0. The van der Waals surface area contributed by atoms with Crippen LogP contribution in [0.5, 0.6) is 11.5 Å². The molecule has 4 rings (SSSR count). The van der Waals surface area contributed by atoms with Gasteiger partial charge in [0.05, 0.1) is 92.5 Å². The Kier molecular flexibility index (Phi) is 31.9. The number of benzene rings is 4. The van der Waals surface area contributed by atoms with Gasteiger partial charge in [-0.2, -0.15) is 0 Å². The Hall–Kier alpha value is -5.96. The van der Waals surface area contributed by atoms with E-state index >= 15 is 0 Å². The molecule has 0 radical (unpaired) electrons. The molecule has 420 valence electrons. The van der Waals surface area contributed by atoms with Crippen molar-refractivity contribution in [2.45, 2.75) is 79.4 Å². The van der Waals surface area contributed by atoms with Crippen LogP contribution in [0.25, 0.3) is 0 Å². The Morgan fingerprint density at radius 3 is 0.855 bits per heavy atom. The molecular formula is C58H80O18. The highest BCUT2D eigenvalue weighted by Gasteiger charge is 2.24. The van der Waals surface area contributed by atoms with Gasteiger partial charge >= 0.3 is 23.9 Å². The molecular weight excluding hydrogens is 985 g/mol. The lowest BCUT2D eigenvalue weighted by Crippen LogP contribution is -2.19. The van der Waals surface area contributed by atoms with Crippen molar-refractivity contribution < 1.29 is 85.5 Å². The van der Waals surface area contributed by atoms with E-state index < -0.39 is 0 Å². The normalized spacial score (nSPS) is 11.3. The van der Waals surface area contributed by atoms with Gasteiger partial charge in [-0.3, -0.25) is 19.2 Å². The molecule has 0 aliphatic rings. The van der Waals surface area contributed by atoms with Crippen molar-refractivity contribution in [3.8, 4) is 11.5 Å². The van der Waals surface area contributed by atoms with Gasteiger partial charge in [-0.05, 0) is 57.6 Å². The summed E-state index contributed by atoms with van der Waals surface area (Å²) in [6.07, 6.45) is 0. The average molecular weight is 1070 g/mol. The smallest absolute Gasteiger partial charge is 0.304 e. The van der Waals surface area contributed by atoms with Crippen LogP contribution in [0, 0.1) is 0 Å². The van der Waals surface area contributed by atoms with Crippen LogP contribution in [0.4, 0.5) is 0 Å². The number of carbonyl (C=O) groups excluding carboxylic acids is 4. The number of hydrogen-bond acceptors (Lipinski definition) is 18. The van der Waals surface area contributed by atoms with Gasteiger partial charge < -0.3 is 66.3 Å². The molecule has 0 bridgehead atoms. The fourth-order valence-corrected chi connectivity index (χ4v) is 6.86. The molecule has 18 heteroatoms. The van der Waals surface area contributed by atoms with Crippen LogP contribution in [0.15, 0.2) is 97.1 Å². The molecule has 0 aliphatic carbocycles. The summed E-state index contributed by atoms with van der Waals surface area (Å²) in [5.74, 6) is 0.177. The van der Waals surface area contributed by atoms with E-state index in [2.05, 4.69) is 110 Å². The molecule has 4 aromatic rings. The van der Waals surface area contributed by atoms with Crippen molar-refractivity contribution in [1.82, 2.24) is 0 Å². The van der Waals surface area contributed by atoms with E-state index in [4.69, 9.17) is 56.8 Å². The zero-order chi connectivity index (χ0) is 55.3. The fourth-order valence-electron chi connectivity index (χ4n) is 6.86. The van der Waals surface area contributed by atoms with E-state index in [0.717, 1.165) is 33.8 Å². The molecule has 0 saturated heterocycles. The van der Waals surface area contributed by atoms with Crippen LogP contribution in [0.2, 0.25) is 0 Å². The topological polar surface area (TPSA) is 197 Å². The van der Waals surface area contributed by atoms with E-state index in [0.29, 0.717) is 106 Å². The predicted octanol–water partition coefficient (Wildman–Crippen LogP) is 8.08. The third-order valence-electron chi connectivity index (χ3n) is 11.3. The molecule has 0 amide bonds. The molecule has 0 heterocycles. The van der Waals surface area contributed by atoms with Crippen molar-refractivity contribution in [2.75, 3.05) is 119 Å². The summed E-state index contributed by atoms with van der Waals surface area (Å²) < 4.78 is 73.6. The van der Waals surface area contributed by atoms with Crippen LogP contribution in [0.3, 0.4) is 0 Å². The van der Waals surface area contributed by atoms with Gasteiger partial charge in [-0.15, -0.1) is 0 Å². The van der Waals surface area contributed by atoms with E-state index in [1.807, 2.05) is 24.3 Å². The summed E-state index contributed by atoms with van der Waals surface area (Å²) >= 11 is 0. The lowest BCUT2D eigenvalue weighted by Gasteiger charge is -2.26. The fraction of sp³-hybridized carbons (Fsp3) is 0.517. The maximum absolute atomic E-state index is 10.7. The van der Waals surface area contributed by atoms with Gasteiger partial charge in [0, 0.05) is 38.5 Å². The SMILES string of the molecule is CC(=O)OCCOCCOc1ccc(C(C)(C)c2ccc(OCCOCCOC(C)=O)cc2)cc1.CC(=O)OCOCCOCCOCc1ccc(C(C)(C)c2ccc(COCCOCCOCOC(C)=O)cc2)cc1. The maximum Gasteiger partial charge on any atom is 0.304 e. The van der Waals surface area contributed by atoms with Crippen LogP contribution in [0.1, 0.15) is 88.8 Å². The zero-order valence-electron chi connectivity index (χ0n) is 45.7. The number of ether oxygens (including phenoxy) is 14. The lowest BCUT2D eigenvalue weighted by molar-refractivity contribution is -0.155. The van der Waals surface area contributed by atoms with Gasteiger partial charge in [0.15, 0.2) is 13.6 Å². The van der Waals surface area contributed by atoms with Crippen molar-refractivity contribution in [2.24, 2.45) is 0 Å². The first-order chi connectivity index (χ1) is 36.6. The first-order valence-corrected chi connectivity index (χ1v) is 25.4. The Labute approximate surface area is 448 Å². The van der Waals surface area contributed by atoms with Gasteiger partial charge in [0.1, 0.15) is 37.9 Å². The van der Waals surface area contributed by atoms with E-state index in [9.17, 15) is 19.2 Å². The molecule has 0 atom stereocenters. The molecule has 0 spiro atoms. The highest BCUT2D eigenvalue weighted by molar-refractivity contribution is 5.66. The van der Waals surface area contributed by atoms with Gasteiger partial charge in [-0.1, -0.05) is 100 Å². The highest BCUT2D eigenvalue weighted by atomic mass is 16.7. The third-order valence-corrected chi connectivity index (χ3v) is 11.3. The number of hydrogen-bond donors (Lipinski definition) is 0. The second kappa shape index (κ2) is 37.7. The second-order valence-corrected chi connectivity index (χ2v) is 17.9. The van der Waals surface area contributed by atoms with Crippen LogP contribution in [-0.4, -0.2) is 143 Å². The molecule has 0 saturated carbocycles. The largest absolute Gasteiger partial charge is 0.491 e. The first kappa shape index (κ1) is 64.3. The Morgan fingerprint density at radius 2 is 0.553 bits per heavy atom. The number of esters is 4. The molecule has 4 aromatic carbocycles. The minimum absolute atomic E-state index is 0.0556. The number of carbonyl (C=O) groups is 4. The standard InChI is InChI=1S/C31H44O10.C27H36O8/c1-25(32)40-23-38-19-15-34-13-17-36-21-27-5-9-29(10-6-27)31(3,4)30-11-7-28(8-12-30)22-37-18-14-35-16-20-39-24-41-26(2)33;1-21(28)32-17-13-30-15-19-34-25-9-5-23(6-10-25)27(3,4)24-7-11-26(12-8-24)35-20-16-31-14-18-33-22(2)29/h5-12H,13-24H2,1-4H3;5-12H,13-20H2,1-4H3. The molecule has 76 heavy (non-hydrogen) atoms. The van der Waals surface area contributed by atoms with Gasteiger partial charge in [-0.25, -0.2) is 0 Å². The number of rotatable bonds is 38. The minimum Gasteiger partial charge on any atom is -0.491 e. The van der Waals surface area contributed by atoms with Crippen LogP contribution >= 0.6 is 0 Å². The highest BCUT2D eigenvalue weighted by Crippen LogP contribution is 2.34. The van der Waals surface area contributed by atoms with E-state index in [1.165, 1.54) is 38.8 Å². The van der Waals surface area contributed by atoms with Crippen LogP contribution < -0.4 is 9.47 Å². The zero-order valence-corrected chi connectivity index (χ0v) is 45.7. The summed E-state index contributed by atoms with van der Waals surface area (Å²) in [4.78, 5) is 42.6. The quantitative estimate of drug-likeness (QED) is 0.0180. The third kappa shape index (κ3) is 28.3. The average Bonchev–Trinajstić information content (AvgIpc) is 3.39. The van der Waals surface area contributed by atoms with Crippen molar-refractivity contribution >= 4 is 23.9 Å². The maximum atomic E-state index is 10.7. The predicted molar refractivity (Wildman–Crippen MR) is 282 cm³/mol. The summed E-state index contributed by atoms with van der Waals surface area (Å²) in [7, 11) is 0. The summed E-state index contributed by atoms with van der Waals surface area (Å²) in [5.41, 5.74) is 6.61. The molecule has 0 N–H and O–H groups in total. The molecule has 18 nitrogen and oxygen atoms in total. The van der Waals surface area contributed by atoms with Crippen molar-refractivity contribution in [1.29, 1.82) is 0 Å². The van der Waals surface area contributed by atoms with Gasteiger partial charge in [0.25, 0.3) is 0 Å². The molecule has 0 unspecified atom stereocenters. The Morgan fingerprint density at radius 1 is 0.303 bits per heavy atom. The van der Waals surface area contributed by atoms with Gasteiger partial charge in [0.2, 0.25) is 0 Å². The second-order valence-electron chi connectivity index (χ2n) is 17.9. The van der Waals surface area contributed by atoms with Crippen molar-refractivity contribution in [3.05, 3.63) is 130 Å². The van der Waals surface area contributed by atoms with Crippen LogP contribution in [-0.2, 0) is 100 Å². The molecule has 0 aliphatic heterocycles. The van der Waals surface area contributed by atoms with E-state index in [1.54, 1.807) is 0 Å².